The Kier molecular flexibility index (Phi) is 3.54. The molecule has 1 heterocycles. The Morgan fingerprint density at radius 2 is 2.47 bits per heavy atom. The van der Waals surface area contributed by atoms with Crippen LogP contribution in [0, 0.1) is 5.41 Å². The van der Waals surface area contributed by atoms with E-state index in [0.29, 0.717) is 5.96 Å². The predicted octanol–water partition coefficient (Wildman–Crippen LogP) is -0.530. The minimum Gasteiger partial charge on any atom is -0.396 e. The highest BCUT2D eigenvalue weighted by atomic mass is 16.5. The molecule has 96 valence electrons. The Balaban J connectivity index is 1.89. The third kappa shape index (κ3) is 2.70. The van der Waals surface area contributed by atoms with E-state index in [1.165, 1.54) is 6.42 Å². The van der Waals surface area contributed by atoms with Crippen LogP contribution in [0.5, 0.6) is 0 Å². The molecule has 6 heteroatoms. The molecule has 17 heavy (non-hydrogen) atoms. The predicted molar refractivity (Wildman–Crippen MR) is 65.0 cm³/mol. The summed E-state index contributed by atoms with van der Waals surface area (Å²) in [5.41, 5.74) is 5.67. The lowest BCUT2D eigenvalue weighted by atomic mass is 9.69. The van der Waals surface area contributed by atoms with Crippen LogP contribution in [0.4, 0.5) is 0 Å². The first kappa shape index (κ1) is 12.2. The number of aliphatic imine (C=N–C) groups is 1. The van der Waals surface area contributed by atoms with Gasteiger partial charge in [-0.15, -0.1) is 0 Å². The van der Waals surface area contributed by atoms with Gasteiger partial charge in [0.1, 0.15) is 5.82 Å². The van der Waals surface area contributed by atoms with Crippen LogP contribution in [0.1, 0.15) is 19.3 Å². The van der Waals surface area contributed by atoms with Crippen molar-refractivity contribution in [3.63, 3.8) is 0 Å². The molecule has 0 spiro atoms. The molecule has 0 amide bonds. The molecule has 0 aromatic heterocycles. The molecule has 1 saturated carbocycles. The molecule has 0 bridgehead atoms. The summed E-state index contributed by atoms with van der Waals surface area (Å²) in [5, 5.41) is 15.6. The number of hydrogen-bond acceptors (Lipinski definition) is 6. The molecule has 0 saturated heterocycles. The van der Waals surface area contributed by atoms with Crippen molar-refractivity contribution in [2.75, 3.05) is 20.3 Å². The van der Waals surface area contributed by atoms with Crippen LogP contribution >= 0.6 is 0 Å². The number of aliphatic hydroxyl groups is 1. The zero-order chi connectivity index (χ0) is 12.3. The van der Waals surface area contributed by atoms with Gasteiger partial charge in [0, 0.05) is 25.1 Å². The summed E-state index contributed by atoms with van der Waals surface area (Å²) in [5.74, 6) is 1.14. The molecule has 2 aliphatic rings. The van der Waals surface area contributed by atoms with Gasteiger partial charge in [-0.2, -0.15) is 0 Å². The van der Waals surface area contributed by atoms with Crippen LogP contribution in [-0.2, 0) is 4.74 Å². The second kappa shape index (κ2) is 4.93. The number of hydrogen-bond donors (Lipinski definition) is 4. The lowest BCUT2D eigenvalue weighted by molar-refractivity contribution is 0.0466. The van der Waals surface area contributed by atoms with Crippen LogP contribution in [0.2, 0.25) is 0 Å². The molecule has 1 aliphatic carbocycles. The van der Waals surface area contributed by atoms with Crippen molar-refractivity contribution in [1.82, 2.24) is 10.6 Å². The minimum atomic E-state index is -0.342. The number of rotatable bonds is 5. The summed E-state index contributed by atoms with van der Waals surface area (Å²) in [6.45, 7) is 0.969. The Morgan fingerprint density at radius 1 is 1.71 bits per heavy atom. The molecule has 1 atom stereocenters. The third-order valence-electron chi connectivity index (χ3n) is 3.48. The molecule has 0 aromatic carbocycles. The molecule has 2 rings (SSSR count). The standard InChI is InChI=1S/C11H20N4O2/c1-17-9-5-8(14-10(12)15-9)13-6-11(7-16)3-2-4-11/h5,9,13,16H,2-4,6-7H2,1H3,(H3,12,14,15). The normalized spacial score (nSPS) is 26.4. The van der Waals surface area contributed by atoms with Gasteiger partial charge in [0.15, 0.2) is 12.2 Å². The maximum Gasteiger partial charge on any atom is 0.197 e. The van der Waals surface area contributed by atoms with E-state index in [2.05, 4.69) is 15.6 Å². The average Bonchev–Trinajstić information content (AvgIpc) is 2.27. The highest BCUT2D eigenvalue weighted by Gasteiger charge is 2.36. The van der Waals surface area contributed by atoms with Crippen LogP contribution < -0.4 is 16.4 Å². The minimum absolute atomic E-state index is 0.0362. The zero-order valence-corrected chi connectivity index (χ0v) is 10.1. The smallest absolute Gasteiger partial charge is 0.197 e. The molecule has 0 radical (unpaired) electrons. The highest BCUT2D eigenvalue weighted by molar-refractivity contribution is 5.80. The molecule has 0 aromatic rings. The maximum atomic E-state index is 9.36. The monoisotopic (exact) mass is 240 g/mol. The lowest BCUT2D eigenvalue weighted by Crippen LogP contribution is -2.47. The fraction of sp³-hybridized carbons (Fsp3) is 0.727. The van der Waals surface area contributed by atoms with E-state index in [9.17, 15) is 5.11 Å². The summed E-state index contributed by atoms with van der Waals surface area (Å²) < 4.78 is 5.12. The van der Waals surface area contributed by atoms with Gasteiger partial charge in [-0.25, -0.2) is 4.99 Å². The largest absolute Gasteiger partial charge is 0.396 e. The van der Waals surface area contributed by atoms with Gasteiger partial charge in [0.2, 0.25) is 0 Å². The zero-order valence-electron chi connectivity index (χ0n) is 10.1. The van der Waals surface area contributed by atoms with Gasteiger partial charge >= 0.3 is 0 Å². The van der Waals surface area contributed by atoms with E-state index < -0.39 is 0 Å². The Labute approximate surface area is 101 Å². The number of ether oxygens (including phenoxy) is 1. The summed E-state index contributed by atoms with van der Waals surface area (Å²) >= 11 is 0. The van der Waals surface area contributed by atoms with E-state index in [4.69, 9.17) is 10.5 Å². The van der Waals surface area contributed by atoms with E-state index in [1.54, 1.807) is 7.11 Å². The number of methoxy groups -OCH3 is 1. The number of nitrogens with zero attached hydrogens (tertiary/aromatic N) is 1. The Bertz CT molecular complexity index is 331. The number of nitrogens with one attached hydrogen (secondary N) is 2. The molecule has 1 unspecified atom stereocenters. The van der Waals surface area contributed by atoms with Crippen LogP contribution in [0.15, 0.2) is 16.9 Å². The fourth-order valence-electron chi connectivity index (χ4n) is 2.10. The van der Waals surface area contributed by atoms with Gasteiger partial charge in [-0.3, -0.25) is 0 Å². The number of nitrogens with two attached hydrogens (primary N) is 1. The SMILES string of the molecule is COC1C=C(NCC2(CO)CCC2)NC(N)=N1. The Morgan fingerprint density at radius 3 is 3.00 bits per heavy atom. The van der Waals surface area contributed by atoms with Crippen molar-refractivity contribution in [2.24, 2.45) is 16.1 Å². The van der Waals surface area contributed by atoms with Crippen molar-refractivity contribution >= 4 is 5.96 Å². The lowest BCUT2D eigenvalue weighted by Gasteiger charge is -2.41. The molecular formula is C11H20N4O2. The molecule has 6 nitrogen and oxygen atoms in total. The van der Waals surface area contributed by atoms with Crippen molar-refractivity contribution < 1.29 is 9.84 Å². The molecule has 1 aliphatic heterocycles. The quantitative estimate of drug-likeness (QED) is 0.518. The summed E-state index contributed by atoms with van der Waals surface area (Å²) in [4.78, 5) is 4.05. The maximum absolute atomic E-state index is 9.36. The van der Waals surface area contributed by atoms with E-state index in [0.717, 1.165) is 25.2 Å². The van der Waals surface area contributed by atoms with Crippen molar-refractivity contribution in [3.05, 3.63) is 11.9 Å². The fourth-order valence-corrected chi connectivity index (χ4v) is 2.10. The molecular weight excluding hydrogens is 220 g/mol. The van der Waals surface area contributed by atoms with E-state index in [-0.39, 0.29) is 18.2 Å². The molecule has 1 fully saturated rings. The summed E-state index contributed by atoms with van der Waals surface area (Å²) in [6, 6.07) is 0. The van der Waals surface area contributed by atoms with Gasteiger partial charge in [-0.05, 0) is 12.8 Å². The van der Waals surface area contributed by atoms with Gasteiger partial charge < -0.3 is 26.2 Å². The first-order valence-corrected chi connectivity index (χ1v) is 5.87. The first-order chi connectivity index (χ1) is 8.17. The summed E-state index contributed by atoms with van der Waals surface area (Å²) in [6.07, 6.45) is 4.83. The summed E-state index contributed by atoms with van der Waals surface area (Å²) in [7, 11) is 1.59. The van der Waals surface area contributed by atoms with E-state index >= 15 is 0 Å². The topological polar surface area (TPSA) is 91.9 Å². The van der Waals surface area contributed by atoms with Gasteiger partial charge in [0.05, 0.1) is 6.61 Å². The second-order valence-corrected chi connectivity index (χ2v) is 4.71. The van der Waals surface area contributed by atoms with Crippen molar-refractivity contribution in [2.45, 2.75) is 25.5 Å². The second-order valence-electron chi connectivity index (χ2n) is 4.71. The van der Waals surface area contributed by atoms with Crippen LogP contribution in [0.25, 0.3) is 0 Å². The number of aliphatic hydroxyl groups excluding tert-OH is 1. The Hall–Kier alpha value is -1.27. The third-order valence-corrected chi connectivity index (χ3v) is 3.48. The average molecular weight is 240 g/mol. The van der Waals surface area contributed by atoms with E-state index in [1.807, 2.05) is 6.08 Å². The van der Waals surface area contributed by atoms with Gasteiger partial charge in [0.25, 0.3) is 0 Å². The van der Waals surface area contributed by atoms with Crippen LogP contribution in [-0.4, -0.2) is 37.6 Å². The molecule has 5 N–H and O–H groups in total. The van der Waals surface area contributed by atoms with Gasteiger partial charge in [-0.1, -0.05) is 6.42 Å². The number of guanidine groups is 1. The van der Waals surface area contributed by atoms with Crippen molar-refractivity contribution in [1.29, 1.82) is 0 Å². The van der Waals surface area contributed by atoms with Crippen molar-refractivity contribution in [3.8, 4) is 0 Å². The van der Waals surface area contributed by atoms with Crippen LogP contribution in [0.3, 0.4) is 0 Å². The highest BCUT2D eigenvalue weighted by Crippen LogP contribution is 2.39. The first-order valence-electron chi connectivity index (χ1n) is 5.87.